The topological polar surface area (TPSA) is 82.1 Å². The molecule has 2 aromatic carbocycles. The molecule has 0 radical (unpaired) electrons. The second-order valence-corrected chi connectivity index (χ2v) is 5.69. The van der Waals surface area contributed by atoms with Crippen molar-refractivity contribution in [2.24, 2.45) is 0 Å². The third-order valence-corrected chi connectivity index (χ3v) is 3.87. The third kappa shape index (κ3) is 4.29. The van der Waals surface area contributed by atoms with E-state index in [1.54, 1.807) is 60.7 Å². The fourth-order valence-electron chi connectivity index (χ4n) is 2.49. The summed E-state index contributed by atoms with van der Waals surface area (Å²) >= 11 is 0. The lowest BCUT2D eigenvalue weighted by Crippen LogP contribution is -2.46. The quantitative estimate of drug-likeness (QED) is 0.830. The summed E-state index contributed by atoms with van der Waals surface area (Å²) < 4.78 is 16.0. The summed E-state index contributed by atoms with van der Waals surface area (Å²) in [4.78, 5) is 24.3. The Bertz CT molecular complexity index is 771. The van der Waals surface area contributed by atoms with E-state index in [9.17, 15) is 14.7 Å². The molecule has 0 aliphatic carbocycles. The number of aliphatic hydroxyl groups excluding tert-OH is 1. The van der Waals surface area contributed by atoms with Crippen LogP contribution in [0.15, 0.2) is 73.0 Å². The number of benzene rings is 2. The molecule has 134 valence electrons. The largest absolute Gasteiger partial charge is 0.491 e. The molecule has 0 amide bonds. The Morgan fingerprint density at radius 2 is 1.50 bits per heavy atom. The zero-order chi connectivity index (χ0) is 18.4. The molecule has 1 heterocycles. The Hall–Kier alpha value is -3.12. The molecule has 0 spiro atoms. The van der Waals surface area contributed by atoms with E-state index in [1.165, 1.54) is 12.3 Å². The van der Waals surface area contributed by atoms with Gasteiger partial charge in [0.25, 0.3) is 0 Å². The van der Waals surface area contributed by atoms with Gasteiger partial charge in [0.2, 0.25) is 0 Å². The molecule has 26 heavy (non-hydrogen) atoms. The van der Waals surface area contributed by atoms with Crippen LogP contribution in [0.4, 0.5) is 0 Å². The van der Waals surface area contributed by atoms with Crippen molar-refractivity contribution in [1.29, 1.82) is 0 Å². The first-order valence-corrected chi connectivity index (χ1v) is 8.13. The number of esters is 2. The van der Waals surface area contributed by atoms with E-state index in [0.717, 1.165) is 0 Å². The van der Waals surface area contributed by atoms with E-state index < -0.39 is 30.3 Å². The van der Waals surface area contributed by atoms with E-state index in [2.05, 4.69) is 0 Å². The average molecular weight is 354 g/mol. The first-order valence-electron chi connectivity index (χ1n) is 8.13. The maximum atomic E-state index is 12.2. The fourth-order valence-corrected chi connectivity index (χ4v) is 2.49. The van der Waals surface area contributed by atoms with Crippen molar-refractivity contribution in [1.82, 2.24) is 0 Å². The summed E-state index contributed by atoms with van der Waals surface area (Å²) in [5.41, 5.74) is 0.756. The molecule has 1 aliphatic heterocycles. The van der Waals surface area contributed by atoms with Gasteiger partial charge in [0.05, 0.1) is 17.4 Å². The van der Waals surface area contributed by atoms with E-state index in [4.69, 9.17) is 14.2 Å². The van der Waals surface area contributed by atoms with E-state index in [1.807, 2.05) is 0 Å². The Morgan fingerprint density at radius 1 is 0.923 bits per heavy atom. The van der Waals surface area contributed by atoms with Gasteiger partial charge in [-0.05, 0) is 30.3 Å². The first-order chi connectivity index (χ1) is 12.6. The van der Waals surface area contributed by atoms with Crippen molar-refractivity contribution >= 4 is 11.9 Å². The number of carbonyl (C=O) groups is 2. The van der Waals surface area contributed by atoms with Gasteiger partial charge >= 0.3 is 11.9 Å². The van der Waals surface area contributed by atoms with Gasteiger partial charge in [-0.3, -0.25) is 0 Å². The second-order valence-electron chi connectivity index (χ2n) is 5.69. The molecule has 1 aliphatic rings. The minimum Gasteiger partial charge on any atom is -0.491 e. The minimum absolute atomic E-state index is 0.165. The molecule has 3 atom stereocenters. The van der Waals surface area contributed by atoms with Crippen LogP contribution in [0.3, 0.4) is 0 Å². The lowest BCUT2D eigenvalue weighted by atomic mass is 10.1. The summed E-state index contributed by atoms with van der Waals surface area (Å²) in [5.74, 6) is -1.11. The van der Waals surface area contributed by atoms with E-state index in [0.29, 0.717) is 11.1 Å². The van der Waals surface area contributed by atoms with E-state index >= 15 is 0 Å². The monoisotopic (exact) mass is 354 g/mol. The van der Waals surface area contributed by atoms with Crippen molar-refractivity contribution in [3.63, 3.8) is 0 Å². The van der Waals surface area contributed by atoms with Crippen molar-refractivity contribution < 1.29 is 28.9 Å². The molecule has 1 N–H and O–H groups in total. The fraction of sp³-hybridized carbons (Fsp3) is 0.200. The molecule has 0 saturated heterocycles. The summed E-state index contributed by atoms with van der Waals surface area (Å²) in [6.07, 6.45) is -0.180. The van der Waals surface area contributed by atoms with Crippen LogP contribution in [0, 0.1) is 0 Å². The van der Waals surface area contributed by atoms with Gasteiger partial charge in [0.1, 0.15) is 12.7 Å². The molecular weight excluding hydrogens is 336 g/mol. The number of ether oxygens (including phenoxy) is 3. The average Bonchev–Trinajstić information content (AvgIpc) is 2.69. The second kappa shape index (κ2) is 8.31. The highest BCUT2D eigenvalue weighted by molar-refractivity contribution is 5.90. The van der Waals surface area contributed by atoms with Gasteiger partial charge in [0.15, 0.2) is 12.2 Å². The summed E-state index contributed by atoms with van der Waals surface area (Å²) in [7, 11) is 0. The highest BCUT2D eigenvalue weighted by Crippen LogP contribution is 2.19. The zero-order valence-electron chi connectivity index (χ0n) is 13.9. The first kappa shape index (κ1) is 17.7. The van der Waals surface area contributed by atoms with Gasteiger partial charge < -0.3 is 19.3 Å². The number of aliphatic hydroxyl groups is 1. The molecule has 2 aromatic rings. The molecule has 0 saturated carbocycles. The van der Waals surface area contributed by atoms with Crippen LogP contribution >= 0.6 is 0 Å². The summed E-state index contributed by atoms with van der Waals surface area (Å²) in [6, 6.07) is 16.9. The SMILES string of the molecule is O=C(OC[C@H]1OC=C[C@@H](O)[C@@H]1OC(=O)c1ccccc1)c1ccccc1. The van der Waals surface area contributed by atoms with Crippen LogP contribution in [-0.4, -0.2) is 42.0 Å². The van der Waals surface area contributed by atoms with Crippen LogP contribution in [0.1, 0.15) is 20.7 Å². The van der Waals surface area contributed by atoms with Gasteiger partial charge in [-0.1, -0.05) is 36.4 Å². The van der Waals surface area contributed by atoms with Crippen LogP contribution in [-0.2, 0) is 14.2 Å². The Morgan fingerprint density at radius 3 is 2.12 bits per heavy atom. The molecule has 3 rings (SSSR count). The van der Waals surface area contributed by atoms with Crippen LogP contribution < -0.4 is 0 Å². The van der Waals surface area contributed by atoms with E-state index in [-0.39, 0.29) is 6.61 Å². The van der Waals surface area contributed by atoms with Crippen LogP contribution in [0.5, 0.6) is 0 Å². The maximum absolute atomic E-state index is 12.2. The Balaban J connectivity index is 1.64. The van der Waals surface area contributed by atoms with Crippen molar-refractivity contribution in [2.45, 2.75) is 18.3 Å². The highest BCUT2D eigenvalue weighted by Gasteiger charge is 2.35. The summed E-state index contributed by atoms with van der Waals surface area (Å²) in [5, 5.41) is 10.1. The predicted molar refractivity (Wildman–Crippen MR) is 92.4 cm³/mol. The molecule has 0 aromatic heterocycles. The molecule has 0 fully saturated rings. The summed E-state index contributed by atoms with van der Waals surface area (Å²) in [6.45, 7) is -0.165. The van der Waals surface area contributed by atoms with Crippen LogP contribution in [0.25, 0.3) is 0 Å². The smallest absolute Gasteiger partial charge is 0.338 e. The number of hydrogen-bond acceptors (Lipinski definition) is 6. The standard InChI is InChI=1S/C20H18O6/c21-16-11-12-24-17(13-25-19(22)14-7-3-1-4-8-14)18(16)26-20(23)15-9-5-2-6-10-15/h1-12,16-18,21H,13H2/t16-,17-,18+/m1/s1. The van der Waals surface area contributed by atoms with Crippen molar-refractivity contribution in [3.05, 3.63) is 84.1 Å². The van der Waals surface area contributed by atoms with Crippen LogP contribution in [0.2, 0.25) is 0 Å². The molecule has 0 unspecified atom stereocenters. The van der Waals surface area contributed by atoms with Crippen molar-refractivity contribution in [3.8, 4) is 0 Å². The molecular formula is C20H18O6. The Labute approximate surface area is 150 Å². The normalized spacial score (nSPS) is 21.5. The van der Waals surface area contributed by atoms with Gasteiger partial charge in [-0.2, -0.15) is 0 Å². The van der Waals surface area contributed by atoms with Gasteiger partial charge in [-0.25, -0.2) is 9.59 Å². The molecule has 6 nitrogen and oxygen atoms in total. The predicted octanol–water partition coefficient (Wildman–Crippen LogP) is 2.34. The lowest BCUT2D eigenvalue weighted by molar-refractivity contribution is -0.0936. The molecule has 6 heteroatoms. The number of rotatable bonds is 5. The maximum Gasteiger partial charge on any atom is 0.338 e. The third-order valence-electron chi connectivity index (χ3n) is 3.87. The molecule has 0 bridgehead atoms. The number of hydrogen-bond donors (Lipinski definition) is 1. The Kier molecular flexibility index (Phi) is 5.66. The van der Waals surface area contributed by atoms with Gasteiger partial charge in [0, 0.05) is 0 Å². The lowest BCUT2D eigenvalue weighted by Gasteiger charge is -2.31. The zero-order valence-corrected chi connectivity index (χ0v) is 13.9. The number of carbonyl (C=O) groups excluding carboxylic acids is 2. The van der Waals surface area contributed by atoms with Crippen molar-refractivity contribution in [2.75, 3.05) is 6.61 Å². The van der Waals surface area contributed by atoms with Gasteiger partial charge in [-0.15, -0.1) is 0 Å². The minimum atomic E-state index is -1.06. The highest BCUT2D eigenvalue weighted by atomic mass is 16.6.